The zero-order valence-electron chi connectivity index (χ0n) is 4.67. The van der Waals surface area contributed by atoms with E-state index in [9.17, 15) is 0 Å². The van der Waals surface area contributed by atoms with Crippen LogP contribution in [0.2, 0.25) is 0 Å². The number of nitrogens with two attached hydrogens (primary N) is 1. The summed E-state index contributed by atoms with van der Waals surface area (Å²) in [6.07, 6.45) is 2.91. The van der Waals surface area contributed by atoms with Crippen LogP contribution in [0.5, 0.6) is 0 Å². The van der Waals surface area contributed by atoms with Gasteiger partial charge in [0.1, 0.15) is 0 Å². The number of rotatable bonds is 0. The summed E-state index contributed by atoms with van der Waals surface area (Å²) in [5, 5.41) is 11.3. The smallest absolute Gasteiger partial charge is 0.0737 e. The molecule has 1 aliphatic carbocycles. The molecular weight excluding hydrogens is 104 g/mol. The molecule has 0 radical (unpaired) electrons. The summed E-state index contributed by atoms with van der Waals surface area (Å²) < 4.78 is 0. The molecule has 3 nitrogen and oxygen atoms in total. The molecule has 0 aliphatic heterocycles. The Morgan fingerprint density at radius 1 is 1.75 bits per heavy atom. The van der Waals surface area contributed by atoms with Gasteiger partial charge >= 0.3 is 0 Å². The Labute approximate surface area is 48.2 Å². The predicted molar refractivity (Wildman–Crippen MR) is 31.0 cm³/mol. The maximum absolute atomic E-state index is 8.24. The van der Waals surface area contributed by atoms with Crippen LogP contribution >= 0.6 is 0 Å². The molecule has 1 saturated carbocycles. The largest absolute Gasteiger partial charge is 0.411 e. The highest BCUT2D eigenvalue weighted by atomic mass is 16.4. The first-order valence-electron chi connectivity index (χ1n) is 2.81. The third kappa shape index (κ3) is 0.816. The van der Waals surface area contributed by atoms with Crippen LogP contribution in [0.4, 0.5) is 0 Å². The average molecular weight is 114 g/mol. The molecule has 1 atom stereocenters. The van der Waals surface area contributed by atoms with Crippen molar-refractivity contribution in [2.45, 2.75) is 25.3 Å². The number of hydrogen-bond donors (Lipinski definition) is 2. The topological polar surface area (TPSA) is 58.6 Å². The Morgan fingerprint density at radius 3 is 2.75 bits per heavy atom. The number of nitrogens with zero attached hydrogens (tertiary/aromatic N) is 1. The van der Waals surface area contributed by atoms with E-state index < -0.39 is 0 Å². The Hall–Kier alpha value is -0.570. The predicted octanol–water partition coefficient (Wildman–Crippen LogP) is 0.328. The lowest BCUT2D eigenvalue weighted by atomic mass is 10.2. The van der Waals surface area contributed by atoms with Crippen LogP contribution in [0.3, 0.4) is 0 Å². The zero-order chi connectivity index (χ0) is 5.98. The second kappa shape index (κ2) is 2.13. The first kappa shape index (κ1) is 5.56. The highest BCUT2D eigenvalue weighted by molar-refractivity contribution is 5.90. The number of oxime groups is 1. The number of hydrogen-bond acceptors (Lipinski definition) is 3. The fourth-order valence-corrected chi connectivity index (χ4v) is 0.979. The van der Waals surface area contributed by atoms with Crippen molar-refractivity contribution in [3.05, 3.63) is 0 Å². The quantitative estimate of drug-likeness (QED) is 0.352. The van der Waals surface area contributed by atoms with Gasteiger partial charge in [0, 0.05) is 6.04 Å². The Balaban J connectivity index is 2.55. The van der Waals surface area contributed by atoms with Gasteiger partial charge < -0.3 is 10.9 Å². The fraction of sp³-hybridized carbons (Fsp3) is 0.800. The Kier molecular flexibility index (Phi) is 1.48. The summed E-state index contributed by atoms with van der Waals surface area (Å²) in [6, 6.07) is 0.0278. The molecule has 0 heterocycles. The van der Waals surface area contributed by atoms with Crippen LogP contribution in [-0.4, -0.2) is 17.0 Å². The van der Waals surface area contributed by atoms with Crippen LogP contribution in [0.25, 0.3) is 0 Å². The second-order valence-electron chi connectivity index (χ2n) is 2.09. The normalized spacial score (nSPS) is 34.1. The van der Waals surface area contributed by atoms with Crippen molar-refractivity contribution in [2.75, 3.05) is 0 Å². The van der Waals surface area contributed by atoms with Crippen molar-refractivity contribution in [3.8, 4) is 0 Å². The van der Waals surface area contributed by atoms with Gasteiger partial charge in [-0.1, -0.05) is 5.16 Å². The van der Waals surface area contributed by atoms with Crippen LogP contribution < -0.4 is 5.73 Å². The SMILES string of the molecule is NC1CCC/C1=N/O. The molecule has 0 amide bonds. The van der Waals surface area contributed by atoms with E-state index in [4.69, 9.17) is 10.9 Å². The summed E-state index contributed by atoms with van der Waals surface area (Å²) in [7, 11) is 0. The summed E-state index contributed by atoms with van der Waals surface area (Å²) in [6.45, 7) is 0. The lowest BCUT2D eigenvalue weighted by Crippen LogP contribution is -2.24. The van der Waals surface area contributed by atoms with E-state index in [-0.39, 0.29) is 6.04 Å². The summed E-state index contributed by atoms with van der Waals surface area (Å²) in [5.41, 5.74) is 6.25. The molecule has 8 heavy (non-hydrogen) atoms. The minimum atomic E-state index is 0.0278. The lowest BCUT2D eigenvalue weighted by Gasteiger charge is -1.97. The highest BCUT2D eigenvalue weighted by Gasteiger charge is 2.17. The van der Waals surface area contributed by atoms with Crippen LogP contribution in [0.1, 0.15) is 19.3 Å². The van der Waals surface area contributed by atoms with E-state index in [1.807, 2.05) is 0 Å². The van der Waals surface area contributed by atoms with Gasteiger partial charge in [0.05, 0.1) is 5.71 Å². The van der Waals surface area contributed by atoms with Crippen molar-refractivity contribution in [2.24, 2.45) is 10.9 Å². The van der Waals surface area contributed by atoms with Gasteiger partial charge in [0.2, 0.25) is 0 Å². The van der Waals surface area contributed by atoms with Gasteiger partial charge in [-0.2, -0.15) is 0 Å². The minimum absolute atomic E-state index is 0.0278. The van der Waals surface area contributed by atoms with Crippen LogP contribution in [0.15, 0.2) is 5.16 Å². The molecule has 0 aromatic heterocycles. The van der Waals surface area contributed by atoms with Crippen LogP contribution in [-0.2, 0) is 0 Å². The van der Waals surface area contributed by atoms with Crippen molar-refractivity contribution in [1.82, 2.24) is 0 Å². The molecule has 3 heteroatoms. The first-order valence-corrected chi connectivity index (χ1v) is 2.81. The standard InChI is InChI=1S/C5H10N2O/c6-4-2-1-3-5(4)7-8/h4,8H,1-3,6H2/b7-5-. The summed E-state index contributed by atoms with van der Waals surface area (Å²) >= 11 is 0. The average Bonchev–Trinajstić information content (AvgIpc) is 2.14. The molecule has 46 valence electrons. The van der Waals surface area contributed by atoms with Crippen molar-refractivity contribution in [3.63, 3.8) is 0 Å². The summed E-state index contributed by atoms with van der Waals surface area (Å²) in [5.74, 6) is 0. The Bertz CT molecular complexity index is 111. The van der Waals surface area contributed by atoms with E-state index in [1.165, 1.54) is 0 Å². The van der Waals surface area contributed by atoms with Crippen molar-refractivity contribution < 1.29 is 5.21 Å². The van der Waals surface area contributed by atoms with Crippen LogP contribution in [0, 0.1) is 0 Å². The minimum Gasteiger partial charge on any atom is -0.411 e. The molecule has 1 unspecified atom stereocenters. The van der Waals surface area contributed by atoms with Crippen molar-refractivity contribution in [1.29, 1.82) is 0 Å². The molecule has 0 spiro atoms. The maximum atomic E-state index is 8.24. The molecule has 1 rings (SSSR count). The monoisotopic (exact) mass is 114 g/mol. The molecule has 0 bridgehead atoms. The van der Waals surface area contributed by atoms with E-state index in [1.54, 1.807) is 0 Å². The van der Waals surface area contributed by atoms with Gasteiger partial charge in [0.25, 0.3) is 0 Å². The molecule has 1 aliphatic rings. The lowest BCUT2D eigenvalue weighted by molar-refractivity contribution is 0.316. The molecule has 0 aromatic rings. The van der Waals surface area contributed by atoms with E-state index >= 15 is 0 Å². The highest BCUT2D eigenvalue weighted by Crippen LogP contribution is 2.12. The molecule has 3 N–H and O–H groups in total. The molecule has 1 fully saturated rings. The third-order valence-electron chi connectivity index (χ3n) is 1.50. The van der Waals surface area contributed by atoms with E-state index in [2.05, 4.69) is 5.16 Å². The molecular formula is C5H10N2O. The van der Waals surface area contributed by atoms with Crippen molar-refractivity contribution >= 4 is 5.71 Å². The van der Waals surface area contributed by atoms with E-state index in [0.717, 1.165) is 25.0 Å². The molecule has 0 saturated heterocycles. The molecule has 0 aromatic carbocycles. The zero-order valence-corrected chi connectivity index (χ0v) is 4.67. The van der Waals surface area contributed by atoms with E-state index in [0.29, 0.717) is 0 Å². The maximum Gasteiger partial charge on any atom is 0.0737 e. The Morgan fingerprint density at radius 2 is 2.50 bits per heavy atom. The summed E-state index contributed by atoms with van der Waals surface area (Å²) in [4.78, 5) is 0. The van der Waals surface area contributed by atoms with Gasteiger partial charge in [-0.3, -0.25) is 0 Å². The van der Waals surface area contributed by atoms with Gasteiger partial charge in [0.15, 0.2) is 0 Å². The second-order valence-corrected chi connectivity index (χ2v) is 2.09. The van der Waals surface area contributed by atoms with Gasteiger partial charge in [-0.15, -0.1) is 0 Å². The van der Waals surface area contributed by atoms with Gasteiger partial charge in [-0.05, 0) is 19.3 Å². The first-order chi connectivity index (χ1) is 3.84. The van der Waals surface area contributed by atoms with Gasteiger partial charge in [-0.25, -0.2) is 0 Å². The third-order valence-corrected chi connectivity index (χ3v) is 1.50. The fourth-order valence-electron chi connectivity index (χ4n) is 0.979.